The minimum Gasteiger partial charge on any atom is -0.392 e. The molecule has 4 fully saturated rings. The van der Waals surface area contributed by atoms with Crippen molar-refractivity contribution in [3.63, 3.8) is 0 Å². The molecular formula is C35H52N2O5. The van der Waals surface area contributed by atoms with E-state index in [1.807, 2.05) is 12.5 Å². The SMILES string of the molecule is C=C(C[C@@H](O)[C@H]1CCC[C@H]2C[C@H]3C(=CC(=O)[C@@H]4C[C@@H](O)[C@@H](O)C[C@@]43C)[C@]3(O)CC[C@H]1[C@@]23C)C(C)(C)CCn1ccnc1. The number of imidazole rings is 1. The van der Waals surface area contributed by atoms with Crippen molar-refractivity contribution < 1.29 is 25.2 Å². The fraction of sp³-hybridized carbons (Fsp3) is 0.771. The summed E-state index contributed by atoms with van der Waals surface area (Å²) in [5.41, 5.74) is -0.188. The van der Waals surface area contributed by atoms with Gasteiger partial charge >= 0.3 is 0 Å². The highest BCUT2D eigenvalue weighted by molar-refractivity contribution is 5.95. The zero-order chi connectivity index (χ0) is 30.2. The molecule has 0 aliphatic heterocycles. The highest BCUT2D eigenvalue weighted by atomic mass is 16.3. The molecular weight excluding hydrogens is 528 g/mol. The molecule has 0 bridgehead atoms. The fourth-order valence-electron chi connectivity index (χ4n) is 10.6. The fourth-order valence-corrected chi connectivity index (χ4v) is 10.6. The molecule has 11 atom stereocenters. The number of ketones is 1. The van der Waals surface area contributed by atoms with Crippen LogP contribution < -0.4 is 0 Å². The molecule has 0 radical (unpaired) electrons. The summed E-state index contributed by atoms with van der Waals surface area (Å²) in [6, 6.07) is 0. The average Bonchev–Trinajstić information content (AvgIpc) is 3.51. The lowest BCUT2D eigenvalue weighted by atomic mass is 9.43. The molecule has 232 valence electrons. The van der Waals surface area contributed by atoms with Gasteiger partial charge in [0.1, 0.15) is 0 Å². The standard InChI is InChI=1S/C35H52N2O5/c1-21(32(2,3)11-13-37-14-12-36-20-37)15-28(38)23-8-6-7-22-16-25-26(35(42)10-9-24(23)34(22,35)5)17-29(39)27-18-30(40)31(41)19-33(25,27)4/h12,14,17,20,22-25,27-28,30-31,38,40-42H,1,6-11,13,15-16,18-19H2,2-5H3/t22-,23-,24+,25-,27-,28+,30+,31-,33+,34+,35+/m0/s1. The van der Waals surface area contributed by atoms with Crippen LogP contribution in [0.25, 0.3) is 0 Å². The first-order valence-corrected chi connectivity index (χ1v) is 16.4. The van der Waals surface area contributed by atoms with Gasteiger partial charge in [-0.25, -0.2) is 4.98 Å². The Hall–Kier alpha value is -1.80. The van der Waals surface area contributed by atoms with Gasteiger partial charge in [0.15, 0.2) is 5.78 Å². The molecule has 4 saturated carbocycles. The van der Waals surface area contributed by atoms with Crippen molar-refractivity contribution in [1.29, 1.82) is 0 Å². The third-order valence-corrected chi connectivity index (χ3v) is 13.6. The lowest BCUT2D eigenvalue weighted by Crippen LogP contribution is -2.63. The Kier molecular flexibility index (Phi) is 7.48. The summed E-state index contributed by atoms with van der Waals surface area (Å²) >= 11 is 0. The first-order valence-electron chi connectivity index (χ1n) is 16.4. The molecule has 4 N–H and O–H groups in total. The lowest BCUT2D eigenvalue weighted by Gasteiger charge is -2.62. The van der Waals surface area contributed by atoms with Gasteiger partial charge in [-0.15, -0.1) is 0 Å². The van der Waals surface area contributed by atoms with Crippen molar-refractivity contribution in [2.24, 2.45) is 45.8 Å². The average molecular weight is 581 g/mol. The van der Waals surface area contributed by atoms with Gasteiger partial charge in [-0.2, -0.15) is 0 Å². The van der Waals surface area contributed by atoms with E-state index in [0.717, 1.165) is 56.2 Å². The highest BCUT2D eigenvalue weighted by Crippen LogP contribution is 2.71. The molecule has 1 aromatic rings. The molecule has 7 heteroatoms. The van der Waals surface area contributed by atoms with E-state index in [9.17, 15) is 25.2 Å². The number of hydrogen-bond acceptors (Lipinski definition) is 6. The molecule has 5 aliphatic carbocycles. The Morgan fingerprint density at radius 3 is 2.64 bits per heavy atom. The van der Waals surface area contributed by atoms with Crippen LogP contribution in [0.4, 0.5) is 0 Å². The molecule has 5 aliphatic rings. The number of aromatic nitrogens is 2. The summed E-state index contributed by atoms with van der Waals surface area (Å²) in [7, 11) is 0. The number of aryl methyl sites for hydroxylation is 1. The first kappa shape index (κ1) is 30.2. The van der Waals surface area contributed by atoms with Crippen LogP contribution in [0.3, 0.4) is 0 Å². The van der Waals surface area contributed by atoms with E-state index in [4.69, 9.17) is 0 Å². The molecule has 1 aromatic heterocycles. The number of rotatable bonds is 7. The predicted octanol–water partition coefficient (Wildman–Crippen LogP) is 4.84. The summed E-state index contributed by atoms with van der Waals surface area (Å²) in [6.07, 6.45) is 12.5. The van der Waals surface area contributed by atoms with Crippen LogP contribution in [0, 0.1) is 45.8 Å². The molecule has 0 spiro atoms. The van der Waals surface area contributed by atoms with Crippen molar-refractivity contribution in [3.05, 3.63) is 42.5 Å². The number of carbonyl (C=O) groups is 1. The number of aliphatic hydroxyl groups is 4. The largest absolute Gasteiger partial charge is 0.392 e. The number of nitrogens with zero attached hydrogens (tertiary/aromatic N) is 2. The molecule has 0 saturated heterocycles. The van der Waals surface area contributed by atoms with Crippen LogP contribution in [-0.4, -0.2) is 59.7 Å². The first-order chi connectivity index (χ1) is 19.7. The van der Waals surface area contributed by atoms with E-state index in [1.165, 1.54) is 0 Å². The van der Waals surface area contributed by atoms with E-state index in [0.29, 0.717) is 19.3 Å². The zero-order valence-corrected chi connectivity index (χ0v) is 26.0. The summed E-state index contributed by atoms with van der Waals surface area (Å²) in [5, 5.41) is 45.7. The van der Waals surface area contributed by atoms with Crippen LogP contribution in [-0.2, 0) is 11.3 Å². The summed E-state index contributed by atoms with van der Waals surface area (Å²) in [6.45, 7) is 14.1. The van der Waals surface area contributed by atoms with Crippen molar-refractivity contribution in [1.82, 2.24) is 9.55 Å². The van der Waals surface area contributed by atoms with E-state index >= 15 is 0 Å². The van der Waals surface area contributed by atoms with Gasteiger partial charge in [-0.05, 0) is 104 Å². The Morgan fingerprint density at radius 2 is 1.93 bits per heavy atom. The topological polar surface area (TPSA) is 116 Å². The zero-order valence-electron chi connectivity index (χ0n) is 26.0. The monoisotopic (exact) mass is 580 g/mol. The van der Waals surface area contributed by atoms with Gasteiger partial charge in [-0.3, -0.25) is 4.79 Å². The van der Waals surface area contributed by atoms with Gasteiger partial charge in [0.25, 0.3) is 0 Å². The summed E-state index contributed by atoms with van der Waals surface area (Å²) in [5.74, 6) is 0.196. The highest BCUT2D eigenvalue weighted by Gasteiger charge is 2.70. The van der Waals surface area contributed by atoms with Crippen LogP contribution in [0.2, 0.25) is 0 Å². The Balaban J connectivity index is 1.25. The molecule has 6 rings (SSSR count). The summed E-state index contributed by atoms with van der Waals surface area (Å²) < 4.78 is 2.08. The quantitative estimate of drug-likeness (QED) is 0.343. The molecule has 42 heavy (non-hydrogen) atoms. The summed E-state index contributed by atoms with van der Waals surface area (Å²) in [4.78, 5) is 17.7. The molecule has 7 nitrogen and oxygen atoms in total. The molecule has 0 amide bonds. The Bertz CT molecular complexity index is 1240. The number of carbonyl (C=O) groups excluding carboxylic acids is 1. The normalized spacial score (nSPS) is 44.0. The number of allylic oxidation sites excluding steroid dienone is 1. The third kappa shape index (κ3) is 4.43. The minimum atomic E-state index is -1.10. The van der Waals surface area contributed by atoms with Gasteiger partial charge < -0.3 is 25.0 Å². The second-order valence-corrected chi connectivity index (χ2v) is 15.8. The second kappa shape index (κ2) is 10.4. The van der Waals surface area contributed by atoms with Crippen LogP contribution in [0.5, 0.6) is 0 Å². The van der Waals surface area contributed by atoms with Gasteiger partial charge in [0, 0.05) is 30.3 Å². The van der Waals surface area contributed by atoms with Crippen molar-refractivity contribution in [3.8, 4) is 0 Å². The number of hydrogen-bond donors (Lipinski definition) is 4. The van der Waals surface area contributed by atoms with Crippen LogP contribution >= 0.6 is 0 Å². The van der Waals surface area contributed by atoms with Crippen LogP contribution in [0.1, 0.15) is 91.9 Å². The van der Waals surface area contributed by atoms with Gasteiger partial charge in [0.2, 0.25) is 0 Å². The van der Waals surface area contributed by atoms with E-state index in [-0.39, 0.29) is 47.2 Å². The third-order valence-electron chi connectivity index (χ3n) is 13.6. The van der Waals surface area contributed by atoms with Gasteiger partial charge in [-0.1, -0.05) is 46.3 Å². The smallest absolute Gasteiger partial charge is 0.159 e. The maximum atomic E-state index is 13.6. The van der Waals surface area contributed by atoms with Crippen molar-refractivity contribution in [2.75, 3.05) is 0 Å². The second-order valence-electron chi connectivity index (χ2n) is 15.8. The maximum absolute atomic E-state index is 13.6. The van der Waals surface area contributed by atoms with E-state index in [1.54, 1.807) is 12.3 Å². The number of aliphatic hydroxyl groups excluding tert-OH is 3. The molecule has 0 unspecified atom stereocenters. The number of fused-ring (bicyclic) bond motifs is 4. The Morgan fingerprint density at radius 1 is 1.17 bits per heavy atom. The maximum Gasteiger partial charge on any atom is 0.159 e. The lowest BCUT2D eigenvalue weighted by molar-refractivity contribution is -0.166. The molecule has 0 aromatic carbocycles. The Labute approximate surface area is 251 Å². The minimum absolute atomic E-state index is 0.00643. The van der Waals surface area contributed by atoms with Crippen LogP contribution in [0.15, 0.2) is 42.5 Å². The van der Waals surface area contributed by atoms with E-state index < -0.39 is 34.7 Å². The van der Waals surface area contributed by atoms with Crippen molar-refractivity contribution in [2.45, 2.75) is 122 Å². The van der Waals surface area contributed by atoms with Crippen molar-refractivity contribution >= 4 is 5.78 Å². The predicted molar refractivity (Wildman–Crippen MR) is 161 cm³/mol. The van der Waals surface area contributed by atoms with E-state index in [2.05, 4.69) is 43.8 Å². The van der Waals surface area contributed by atoms with Gasteiger partial charge in [0.05, 0.1) is 30.2 Å². The molecule has 1 heterocycles.